The summed E-state index contributed by atoms with van der Waals surface area (Å²) in [5.74, 6) is 0.220. The molecule has 0 bridgehead atoms. The third kappa shape index (κ3) is 2.42. The van der Waals surface area contributed by atoms with Gasteiger partial charge in [0.15, 0.2) is 0 Å². The van der Waals surface area contributed by atoms with Gasteiger partial charge in [0.1, 0.15) is 5.75 Å². The van der Waals surface area contributed by atoms with Crippen LogP contribution in [0.1, 0.15) is 22.8 Å². The maximum atomic E-state index is 11.5. The molecule has 1 aromatic rings. The molecule has 0 atom stereocenters. The molecule has 0 heterocycles. The lowest BCUT2D eigenvalue weighted by molar-refractivity contribution is 0.0599. The second-order valence-corrected chi connectivity index (χ2v) is 3.42. The third-order valence-electron chi connectivity index (χ3n) is 2.15. The first-order valence-electron chi connectivity index (χ1n) is 4.58. The van der Waals surface area contributed by atoms with E-state index in [-0.39, 0.29) is 0 Å². The number of esters is 1. The summed E-state index contributed by atoms with van der Waals surface area (Å²) in [6.45, 7) is 1.94. The van der Waals surface area contributed by atoms with Gasteiger partial charge in [0.2, 0.25) is 0 Å². The van der Waals surface area contributed by atoms with E-state index in [1.165, 1.54) is 7.11 Å². The Morgan fingerprint density at radius 1 is 1.40 bits per heavy atom. The fourth-order valence-corrected chi connectivity index (χ4v) is 1.66. The van der Waals surface area contributed by atoms with Crippen LogP contribution in [0.3, 0.4) is 0 Å². The van der Waals surface area contributed by atoms with Crippen LogP contribution in [0.2, 0.25) is 5.02 Å². The monoisotopic (exact) mass is 228 g/mol. The molecule has 4 heteroatoms. The lowest BCUT2D eigenvalue weighted by Crippen LogP contribution is -2.07. The van der Waals surface area contributed by atoms with Crippen molar-refractivity contribution in [1.29, 1.82) is 0 Å². The number of hydrogen-bond donors (Lipinski definition) is 0. The summed E-state index contributed by atoms with van der Waals surface area (Å²) in [5.41, 5.74) is 1.28. The van der Waals surface area contributed by atoms with E-state index < -0.39 is 5.97 Å². The number of halogens is 1. The van der Waals surface area contributed by atoms with Gasteiger partial charge in [0.25, 0.3) is 0 Å². The molecule has 3 nitrogen and oxygen atoms in total. The molecule has 0 spiro atoms. The number of carbonyl (C=O) groups is 1. The topological polar surface area (TPSA) is 35.5 Å². The zero-order chi connectivity index (χ0) is 11.4. The van der Waals surface area contributed by atoms with Gasteiger partial charge in [-0.2, -0.15) is 0 Å². The first kappa shape index (κ1) is 11.9. The molecule has 0 N–H and O–H groups in total. The van der Waals surface area contributed by atoms with Gasteiger partial charge in [0.05, 0.1) is 19.8 Å². The number of rotatable bonds is 3. The lowest BCUT2D eigenvalue weighted by atomic mass is 10.0. The van der Waals surface area contributed by atoms with Crippen LogP contribution >= 0.6 is 11.6 Å². The van der Waals surface area contributed by atoms with E-state index in [1.807, 2.05) is 6.92 Å². The van der Waals surface area contributed by atoms with Gasteiger partial charge in [-0.15, -0.1) is 0 Å². The molecule has 0 unspecified atom stereocenters. The average Bonchev–Trinajstić information content (AvgIpc) is 2.26. The smallest absolute Gasteiger partial charge is 0.338 e. The van der Waals surface area contributed by atoms with E-state index in [4.69, 9.17) is 16.3 Å². The van der Waals surface area contributed by atoms with Gasteiger partial charge in [-0.3, -0.25) is 0 Å². The second kappa shape index (κ2) is 5.03. The Hall–Kier alpha value is -1.22. The number of hydrogen-bond acceptors (Lipinski definition) is 3. The first-order valence-corrected chi connectivity index (χ1v) is 4.96. The van der Waals surface area contributed by atoms with Gasteiger partial charge >= 0.3 is 5.97 Å². The molecule has 1 rings (SSSR count). The predicted octanol–water partition coefficient (Wildman–Crippen LogP) is 2.70. The fraction of sp³-hybridized carbons (Fsp3) is 0.364. The van der Waals surface area contributed by atoms with Gasteiger partial charge in [-0.1, -0.05) is 18.5 Å². The maximum absolute atomic E-state index is 11.5. The maximum Gasteiger partial charge on any atom is 0.338 e. The van der Waals surface area contributed by atoms with Crippen molar-refractivity contribution in [2.75, 3.05) is 14.2 Å². The van der Waals surface area contributed by atoms with Crippen LogP contribution in [-0.2, 0) is 11.2 Å². The van der Waals surface area contributed by atoms with Gasteiger partial charge in [-0.25, -0.2) is 4.79 Å². The molecule has 0 aromatic heterocycles. The van der Waals surface area contributed by atoms with Crippen LogP contribution in [0.25, 0.3) is 0 Å². The SMILES string of the molecule is CCc1c(OC)cc(Cl)cc1C(=O)OC. The fourth-order valence-electron chi connectivity index (χ4n) is 1.45. The van der Waals surface area contributed by atoms with Crippen molar-refractivity contribution in [3.05, 3.63) is 28.3 Å². The van der Waals surface area contributed by atoms with E-state index in [0.717, 1.165) is 5.56 Å². The third-order valence-corrected chi connectivity index (χ3v) is 2.37. The number of carbonyl (C=O) groups excluding carboxylic acids is 1. The average molecular weight is 229 g/mol. The minimum absolute atomic E-state index is 0.396. The Kier molecular flexibility index (Phi) is 3.97. The number of methoxy groups -OCH3 is 2. The van der Waals surface area contributed by atoms with Gasteiger partial charge in [-0.05, 0) is 18.6 Å². The highest BCUT2D eigenvalue weighted by Gasteiger charge is 2.16. The molecule has 0 saturated carbocycles. The molecule has 15 heavy (non-hydrogen) atoms. The van der Waals surface area contributed by atoms with E-state index in [0.29, 0.717) is 22.8 Å². The number of benzene rings is 1. The summed E-state index contributed by atoms with van der Waals surface area (Å²) in [6.07, 6.45) is 0.685. The van der Waals surface area contributed by atoms with Crippen molar-refractivity contribution in [2.24, 2.45) is 0 Å². The second-order valence-electron chi connectivity index (χ2n) is 2.98. The molecule has 1 aromatic carbocycles. The van der Waals surface area contributed by atoms with E-state index >= 15 is 0 Å². The van der Waals surface area contributed by atoms with Crippen molar-refractivity contribution in [3.8, 4) is 5.75 Å². The van der Waals surface area contributed by atoms with Crippen molar-refractivity contribution < 1.29 is 14.3 Å². The number of ether oxygens (including phenoxy) is 2. The molecule has 82 valence electrons. The van der Waals surface area contributed by atoms with E-state index in [9.17, 15) is 4.79 Å². The van der Waals surface area contributed by atoms with Crippen molar-refractivity contribution in [1.82, 2.24) is 0 Å². The highest BCUT2D eigenvalue weighted by atomic mass is 35.5. The predicted molar refractivity (Wildman–Crippen MR) is 58.7 cm³/mol. The molecular weight excluding hydrogens is 216 g/mol. The van der Waals surface area contributed by atoms with Crippen molar-refractivity contribution in [3.63, 3.8) is 0 Å². The molecule has 0 saturated heterocycles. The molecule has 0 aliphatic rings. The highest BCUT2D eigenvalue weighted by Crippen LogP contribution is 2.28. The van der Waals surface area contributed by atoms with Gasteiger partial charge in [0, 0.05) is 10.6 Å². The molecule has 0 amide bonds. The molecular formula is C11H13ClO3. The van der Waals surface area contributed by atoms with E-state index in [2.05, 4.69) is 4.74 Å². The van der Waals surface area contributed by atoms with Crippen LogP contribution in [0.4, 0.5) is 0 Å². The Bertz CT molecular complexity index is 374. The molecule has 0 aliphatic carbocycles. The normalized spacial score (nSPS) is 9.87. The largest absolute Gasteiger partial charge is 0.496 e. The molecule has 0 aliphatic heterocycles. The zero-order valence-electron chi connectivity index (χ0n) is 8.96. The summed E-state index contributed by atoms with van der Waals surface area (Å²) in [4.78, 5) is 11.5. The Labute approximate surface area is 93.9 Å². The van der Waals surface area contributed by atoms with Gasteiger partial charge < -0.3 is 9.47 Å². The van der Waals surface area contributed by atoms with Crippen LogP contribution in [0.15, 0.2) is 12.1 Å². The minimum Gasteiger partial charge on any atom is -0.496 e. The summed E-state index contributed by atoms with van der Waals surface area (Å²) in [5, 5.41) is 0.462. The first-order chi connectivity index (χ1) is 7.13. The Morgan fingerprint density at radius 3 is 2.53 bits per heavy atom. The van der Waals surface area contributed by atoms with E-state index in [1.54, 1.807) is 19.2 Å². The zero-order valence-corrected chi connectivity index (χ0v) is 9.72. The summed E-state index contributed by atoms with van der Waals surface area (Å²) in [6, 6.07) is 3.28. The minimum atomic E-state index is -0.396. The summed E-state index contributed by atoms with van der Waals surface area (Å²) < 4.78 is 9.84. The Morgan fingerprint density at radius 2 is 2.07 bits per heavy atom. The molecule has 0 fully saturated rings. The van der Waals surface area contributed by atoms with Crippen molar-refractivity contribution >= 4 is 17.6 Å². The summed E-state index contributed by atoms with van der Waals surface area (Å²) >= 11 is 5.87. The lowest BCUT2D eigenvalue weighted by Gasteiger charge is -2.11. The van der Waals surface area contributed by atoms with Crippen LogP contribution in [0.5, 0.6) is 5.75 Å². The standard InChI is InChI=1S/C11H13ClO3/c1-4-8-9(11(13)15-3)5-7(12)6-10(8)14-2/h5-6H,4H2,1-3H3. The van der Waals surface area contributed by atoms with Crippen molar-refractivity contribution in [2.45, 2.75) is 13.3 Å². The molecule has 0 radical (unpaired) electrons. The Balaban J connectivity index is 3.35. The summed E-state index contributed by atoms with van der Waals surface area (Å²) in [7, 11) is 2.89. The van der Waals surface area contributed by atoms with Crippen LogP contribution < -0.4 is 4.74 Å². The van der Waals surface area contributed by atoms with Crippen LogP contribution in [-0.4, -0.2) is 20.2 Å². The highest BCUT2D eigenvalue weighted by molar-refractivity contribution is 6.31. The van der Waals surface area contributed by atoms with Crippen LogP contribution in [0, 0.1) is 0 Å². The quantitative estimate of drug-likeness (QED) is 0.747.